The van der Waals surface area contributed by atoms with Crippen LogP contribution >= 0.6 is 0 Å². The van der Waals surface area contributed by atoms with Gasteiger partial charge in [0.25, 0.3) is 0 Å². The van der Waals surface area contributed by atoms with Crippen molar-refractivity contribution in [2.24, 2.45) is 0 Å². The standard InChI is InChI=1S/C12H12FN/c1-2-7-14-12-10-6-4-3-5-9(10)8-11(12)13/h1,3-6,11-12,14H,7-8H2/t11-,12-/m1/s1/i7D2,13-1. The molecule has 0 unspecified atom stereocenters. The summed E-state index contributed by atoms with van der Waals surface area (Å²) < 4.78 is 28.6. The lowest BCUT2D eigenvalue weighted by molar-refractivity contribution is 0.275. The van der Waals surface area contributed by atoms with Gasteiger partial charge >= 0.3 is 0 Å². The molecule has 0 radical (unpaired) electrons. The van der Waals surface area contributed by atoms with Crippen molar-refractivity contribution in [2.45, 2.75) is 18.6 Å². The fourth-order valence-electron chi connectivity index (χ4n) is 1.83. The molecule has 2 heteroatoms. The number of benzene rings is 1. The molecular weight excluding hydrogens is 176 g/mol. The van der Waals surface area contributed by atoms with E-state index in [-0.39, 0.29) is 0 Å². The Balaban J connectivity index is 2.27. The topological polar surface area (TPSA) is 12.0 Å². The highest BCUT2D eigenvalue weighted by Crippen LogP contribution is 2.32. The number of hydrogen-bond acceptors (Lipinski definition) is 1. The molecule has 0 amide bonds. The summed E-state index contributed by atoms with van der Waals surface area (Å²) in [6, 6.07) is 6.68. The molecule has 0 bridgehead atoms. The van der Waals surface area contributed by atoms with E-state index in [9.17, 15) is 4.39 Å². The van der Waals surface area contributed by atoms with Crippen molar-refractivity contribution in [2.75, 3.05) is 6.50 Å². The SMILES string of the molecule is [2H]C([2H])(C#C)N[C@@H]1c2ccccc2C[C@H]1[18F]. The van der Waals surface area contributed by atoms with Crippen LogP contribution in [0.2, 0.25) is 0 Å². The number of halogens is 1. The second kappa shape index (κ2) is 3.81. The first-order chi connectivity index (χ1) is 7.53. The highest BCUT2D eigenvalue weighted by molar-refractivity contribution is 5.36. The molecule has 14 heavy (non-hydrogen) atoms. The lowest BCUT2D eigenvalue weighted by atomic mass is 10.1. The van der Waals surface area contributed by atoms with Gasteiger partial charge < -0.3 is 0 Å². The third-order valence-corrected chi connectivity index (χ3v) is 2.47. The van der Waals surface area contributed by atoms with Crippen LogP contribution in [0.1, 0.15) is 19.9 Å². The van der Waals surface area contributed by atoms with Crippen LogP contribution in [0, 0.1) is 12.3 Å². The van der Waals surface area contributed by atoms with Gasteiger partial charge in [-0.15, -0.1) is 6.42 Å². The van der Waals surface area contributed by atoms with Crippen LogP contribution in [0.25, 0.3) is 0 Å². The minimum atomic E-state index is -1.98. The zero-order valence-corrected chi connectivity index (χ0v) is 7.63. The third-order valence-electron chi connectivity index (χ3n) is 2.47. The number of terminal acetylenes is 1. The first kappa shape index (κ1) is 7.03. The second-order valence-corrected chi connectivity index (χ2v) is 3.31. The average molecular weight is 190 g/mol. The maximum Gasteiger partial charge on any atom is 0.124 e. The number of alkyl halides is 1. The molecule has 72 valence electrons. The summed E-state index contributed by atoms with van der Waals surface area (Å²) >= 11 is 0. The smallest absolute Gasteiger partial charge is 0.124 e. The van der Waals surface area contributed by atoms with Crippen molar-refractivity contribution in [3.63, 3.8) is 0 Å². The van der Waals surface area contributed by atoms with E-state index in [1.165, 1.54) is 0 Å². The minimum Gasteiger partial charge on any atom is -0.297 e. The fraction of sp³-hybridized carbons (Fsp3) is 0.333. The van der Waals surface area contributed by atoms with Crippen LogP contribution in [0.4, 0.5) is 4.39 Å². The molecule has 0 fully saturated rings. The van der Waals surface area contributed by atoms with Gasteiger partial charge in [-0.05, 0) is 11.1 Å². The zero-order chi connectivity index (χ0) is 11.8. The van der Waals surface area contributed by atoms with Crippen molar-refractivity contribution < 1.29 is 7.13 Å². The van der Waals surface area contributed by atoms with Gasteiger partial charge in [0.05, 0.1) is 15.3 Å². The monoisotopic (exact) mass is 190 g/mol. The molecule has 0 aromatic heterocycles. The maximum absolute atomic E-state index is 13.7. The summed E-state index contributed by atoms with van der Waals surface area (Å²) in [5.41, 5.74) is 1.72. The molecule has 1 N–H and O–H groups in total. The Labute approximate surface area is 86.1 Å². The first-order valence-corrected chi connectivity index (χ1v) is 4.51. The van der Waals surface area contributed by atoms with Gasteiger partial charge in [0.15, 0.2) is 0 Å². The summed E-state index contributed by atoms with van der Waals surface area (Å²) in [5.74, 6) is 1.98. The molecule has 0 saturated carbocycles. The van der Waals surface area contributed by atoms with E-state index < -0.39 is 18.7 Å². The summed E-state index contributed by atoms with van der Waals surface area (Å²) in [4.78, 5) is 0. The van der Waals surface area contributed by atoms with E-state index in [0.29, 0.717) is 6.42 Å². The van der Waals surface area contributed by atoms with Gasteiger partial charge in [-0.3, -0.25) is 5.32 Å². The van der Waals surface area contributed by atoms with Crippen LogP contribution in [0.3, 0.4) is 0 Å². The Bertz CT molecular complexity index is 439. The molecule has 2 atom stereocenters. The lowest BCUT2D eigenvalue weighted by Crippen LogP contribution is -2.26. The van der Waals surface area contributed by atoms with Gasteiger partial charge in [0, 0.05) is 6.42 Å². The Morgan fingerprint density at radius 3 is 3.21 bits per heavy atom. The molecule has 0 spiro atoms. The summed E-state index contributed by atoms with van der Waals surface area (Å²) in [7, 11) is 0. The van der Waals surface area contributed by atoms with E-state index in [4.69, 9.17) is 9.16 Å². The molecule has 0 heterocycles. The Morgan fingerprint density at radius 1 is 1.64 bits per heavy atom. The summed E-state index contributed by atoms with van der Waals surface area (Å²) in [5, 5.41) is 2.53. The first-order valence-electron chi connectivity index (χ1n) is 5.51. The minimum absolute atomic E-state index is 0.314. The predicted molar refractivity (Wildman–Crippen MR) is 54.6 cm³/mol. The molecule has 1 aromatic carbocycles. The van der Waals surface area contributed by atoms with Crippen molar-refractivity contribution in [1.82, 2.24) is 5.32 Å². The highest BCUT2D eigenvalue weighted by atomic mass is 18.2. The van der Waals surface area contributed by atoms with Gasteiger partial charge in [-0.25, -0.2) is 4.39 Å². The molecular formula is C12H12FN. The summed E-state index contributed by atoms with van der Waals surface area (Å²) in [6.07, 6.45) is 4.23. The molecule has 2 rings (SSSR count). The molecule has 1 nitrogen and oxygen atoms in total. The molecule has 0 aliphatic heterocycles. The van der Waals surface area contributed by atoms with Crippen LogP contribution in [-0.4, -0.2) is 12.7 Å². The Hall–Kier alpha value is -1.33. The highest BCUT2D eigenvalue weighted by Gasteiger charge is 2.31. The van der Waals surface area contributed by atoms with Gasteiger partial charge in [0.2, 0.25) is 0 Å². The van der Waals surface area contributed by atoms with E-state index in [0.717, 1.165) is 11.1 Å². The number of rotatable bonds is 2. The normalized spacial score (nSPS) is 27.4. The van der Waals surface area contributed by atoms with Gasteiger partial charge in [-0.1, -0.05) is 30.2 Å². The quantitative estimate of drug-likeness (QED) is 0.702. The van der Waals surface area contributed by atoms with Gasteiger partial charge in [-0.2, -0.15) is 0 Å². The Morgan fingerprint density at radius 2 is 2.43 bits per heavy atom. The predicted octanol–water partition coefficient (Wildman–Crippen LogP) is 1.84. The lowest BCUT2D eigenvalue weighted by Gasteiger charge is -2.14. The summed E-state index contributed by atoms with van der Waals surface area (Å²) in [6.45, 7) is -1.98. The van der Waals surface area contributed by atoms with Crippen molar-refractivity contribution in [3.8, 4) is 12.3 Å². The van der Waals surface area contributed by atoms with Crippen molar-refractivity contribution >= 4 is 0 Å². The molecule has 1 aromatic rings. The maximum atomic E-state index is 13.7. The average Bonchev–Trinajstić information content (AvgIpc) is 2.56. The van der Waals surface area contributed by atoms with E-state index >= 15 is 0 Å². The largest absolute Gasteiger partial charge is 0.297 e. The van der Waals surface area contributed by atoms with E-state index in [1.54, 1.807) is 6.07 Å². The number of fused-ring (bicyclic) bond motifs is 1. The van der Waals surface area contributed by atoms with Crippen LogP contribution in [0.15, 0.2) is 24.3 Å². The van der Waals surface area contributed by atoms with Crippen molar-refractivity contribution in [3.05, 3.63) is 35.4 Å². The van der Waals surface area contributed by atoms with Crippen molar-refractivity contribution in [1.29, 1.82) is 0 Å². The molecule has 1 aliphatic carbocycles. The molecule has 1 aliphatic rings. The van der Waals surface area contributed by atoms with Crippen LogP contribution < -0.4 is 5.32 Å². The third kappa shape index (κ3) is 1.51. The Kier molecular flexibility index (Phi) is 1.91. The van der Waals surface area contributed by atoms with E-state index in [2.05, 4.69) is 5.32 Å². The van der Waals surface area contributed by atoms with Crippen LogP contribution in [0.5, 0.6) is 0 Å². The number of hydrogen-bond donors (Lipinski definition) is 1. The van der Waals surface area contributed by atoms with Crippen LogP contribution in [-0.2, 0) is 6.42 Å². The zero-order valence-electron chi connectivity index (χ0n) is 9.63. The molecule has 0 saturated heterocycles. The van der Waals surface area contributed by atoms with Gasteiger partial charge in [0.1, 0.15) is 6.17 Å². The second-order valence-electron chi connectivity index (χ2n) is 3.31. The van der Waals surface area contributed by atoms with E-state index in [1.807, 2.05) is 24.1 Å². The number of nitrogens with one attached hydrogen (secondary N) is 1. The fourth-order valence-corrected chi connectivity index (χ4v) is 1.83.